The average molecular weight is 271 g/mol. The third-order valence-electron chi connectivity index (χ3n) is 4.03. The fourth-order valence-electron chi connectivity index (χ4n) is 2.32. The van der Waals surface area contributed by atoms with Gasteiger partial charge in [0.05, 0.1) is 0 Å². The molecule has 0 spiro atoms. The van der Waals surface area contributed by atoms with Crippen LogP contribution in [0.2, 0.25) is 0 Å². The van der Waals surface area contributed by atoms with Crippen LogP contribution < -0.4 is 10.6 Å². The van der Waals surface area contributed by atoms with Gasteiger partial charge in [-0.05, 0) is 39.3 Å². The molecule has 2 amide bonds. The smallest absolute Gasteiger partial charge is 0.326 e. The average Bonchev–Trinajstić information content (AvgIpc) is 2.22. The number of nitrogens with zero attached hydrogens (tertiary/aromatic N) is 1. The van der Waals surface area contributed by atoms with Gasteiger partial charge in [-0.2, -0.15) is 0 Å². The predicted molar refractivity (Wildman–Crippen MR) is 73.1 cm³/mol. The lowest BCUT2D eigenvalue weighted by Crippen LogP contribution is -2.59. The van der Waals surface area contributed by atoms with Gasteiger partial charge >= 0.3 is 12.0 Å². The van der Waals surface area contributed by atoms with E-state index in [4.69, 9.17) is 5.11 Å². The van der Waals surface area contributed by atoms with Crippen molar-refractivity contribution in [3.8, 4) is 0 Å². The Morgan fingerprint density at radius 1 is 1.32 bits per heavy atom. The zero-order valence-corrected chi connectivity index (χ0v) is 12.2. The topological polar surface area (TPSA) is 81.7 Å². The van der Waals surface area contributed by atoms with E-state index in [2.05, 4.69) is 15.5 Å². The molecule has 0 bridgehead atoms. The normalized spacial score (nSPS) is 18.8. The maximum absolute atomic E-state index is 11.8. The van der Waals surface area contributed by atoms with Gasteiger partial charge in [0.25, 0.3) is 0 Å². The summed E-state index contributed by atoms with van der Waals surface area (Å²) in [5.74, 6) is -1.15. The highest BCUT2D eigenvalue weighted by atomic mass is 16.4. The predicted octanol–water partition coefficient (Wildman–Crippen LogP) is 0.879. The number of rotatable bonds is 6. The number of hydrogen-bond acceptors (Lipinski definition) is 3. The minimum atomic E-state index is -1.00. The monoisotopic (exact) mass is 271 g/mol. The van der Waals surface area contributed by atoms with Gasteiger partial charge in [-0.3, -0.25) is 0 Å². The number of carbonyl (C=O) groups is 2. The molecule has 0 saturated heterocycles. The zero-order chi connectivity index (χ0) is 14.6. The van der Waals surface area contributed by atoms with Crippen LogP contribution in [0.5, 0.6) is 0 Å². The minimum absolute atomic E-state index is 0.0356. The Morgan fingerprint density at radius 2 is 1.89 bits per heavy atom. The Morgan fingerprint density at radius 3 is 2.21 bits per heavy atom. The first-order valence-electron chi connectivity index (χ1n) is 6.73. The fraction of sp³-hybridized carbons (Fsp3) is 0.846. The van der Waals surface area contributed by atoms with E-state index in [1.54, 1.807) is 13.8 Å². The van der Waals surface area contributed by atoms with E-state index in [9.17, 15) is 9.59 Å². The zero-order valence-electron chi connectivity index (χ0n) is 12.2. The third kappa shape index (κ3) is 3.83. The number of aliphatic carboxylic acids is 1. The van der Waals surface area contributed by atoms with E-state index in [0.29, 0.717) is 6.54 Å². The van der Waals surface area contributed by atoms with Crippen LogP contribution in [-0.2, 0) is 4.79 Å². The second-order valence-electron chi connectivity index (χ2n) is 5.86. The lowest BCUT2D eigenvalue weighted by atomic mass is 9.75. The van der Waals surface area contributed by atoms with Gasteiger partial charge in [0.2, 0.25) is 0 Å². The van der Waals surface area contributed by atoms with Gasteiger partial charge in [0.15, 0.2) is 0 Å². The summed E-state index contributed by atoms with van der Waals surface area (Å²) in [4.78, 5) is 24.9. The number of carboxylic acids is 1. The molecule has 1 aliphatic carbocycles. The van der Waals surface area contributed by atoms with E-state index < -0.39 is 18.0 Å². The number of carbonyl (C=O) groups excluding carboxylic acids is 1. The molecule has 0 heterocycles. The van der Waals surface area contributed by atoms with Crippen molar-refractivity contribution in [3.05, 3.63) is 0 Å². The molecule has 19 heavy (non-hydrogen) atoms. The van der Waals surface area contributed by atoms with Crippen molar-refractivity contribution in [1.82, 2.24) is 15.5 Å². The van der Waals surface area contributed by atoms with Crippen LogP contribution >= 0.6 is 0 Å². The summed E-state index contributed by atoms with van der Waals surface area (Å²) in [7, 11) is 4.01. The van der Waals surface area contributed by atoms with Crippen LogP contribution in [0.3, 0.4) is 0 Å². The Balaban J connectivity index is 2.45. The van der Waals surface area contributed by atoms with E-state index in [1.807, 2.05) is 14.1 Å². The lowest BCUT2D eigenvalue weighted by molar-refractivity contribution is -0.140. The minimum Gasteiger partial charge on any atom is -0.480 e. The first-order valence-corrected chi connectivity index (χ1v) is 6.73. The van der Waals surface area contributed by atoms with E-state index >= 15 is 0 Å². The summed E-state index contributed by atoms with van der Waals surface area (Å²) in [6, 6.07) is -1.26. The van der Waals surface area contributed by atoms with Crippen molar-refractivity contribution < 1.29 is 14.7 Å². The van der Waals surface area contributed by atoms with Crippen LogP contribution in [0.1, 0.15) is 33.1 Å². The third-order valence-corrected chi connectivity index (χ3v) is 4.03. The molecule has 1 rings (SSSR count). The molecule has 0 radical (unpaired) electrons. The van der Waals surface area contributed by atoms with Crippen molar-refractivity contribution in [1.29, 1.82) is 0 Å². The summed E-state index contributed by atoms with van der Waals surface area (Å²) in [6.45, 7) is 4.09. The highest BCUT2D eigenvalue weighted by Crippen LogP contribution is 2.35. The van der Waals surface area contributed by atoms with Crippen molar-refractivity contribution in [2.45, 2.75) is 44.7 Å². The summed E-state index contributed by atoms with van der Waals surface area (Å²) in [5, 5.41) is 14.3. The van der Waals surface area contributed by atoms with Gasteiger partial charge in [0.1, 0.15) is 6.04 Å². The van der Waals surface area contributed by atoms with E-state index in [-0.39, 0.29) is 11.5 Å². The molecule has 3 N–H and O–H groups in total. The number of urea groups is 1. The van der Waals surface area contributed by atoms with Gasteiger partial charge in [-0.15, -0.1) is 0 Å². The van der Waals surface area contributed by atoms with Gasteiger partial charge in [-0.1, -0.05) is 13.8 Å². The second-order valence-corrected chi connectivity index (χ2v) is 5.86. The molecule has 0 aromatic carbocycles. The fourth-order valence-corrected chi connectivity index (χ4v) is 2.32. The molecule has 0 unspecified atom stereocenters. The van der Waals surface area contributed by atoms with Gasteiger partial charge < -0.3 is 20.6 Å². The Labute approximate surface area is 114 Å². The maximum atomic E-state index is 11.8. The quantitative estimate of drug-likeness (QED) is 0.670. The molecule has 0 aliphatic heterocycles. The number of amides is 2. The Bertz CT molecular complexity index is 338. The number of hydrogen-bond donors (Lipinski definition) is 3. The first kappa shape index (κ1) is 15.8. The van der Waals surface area contributed by atoms with Gasteiger partial charge in [-0.25, -0.2) is 9.59 Å². The van der Waals surface area contributed by atoms with Crippen molar-refractivity contribution in [2.75, 3.05) is 20.6 Å². The highest BCUT2D eigenvalue weighted by molar-refractivity contribution is 5.82. The van der Waals surface area contributed by atoms with Crippen molar-refractivity contribution >= 4 is 12.0 Å². The summed E-state index contributed by atoms with van der Waals surface area (Å²) < 4.78 is 0. The molecule has 1 atom stereocenters. The molecule has 0 aromatic heterocycles. The summed E-state index contributed by atoms with van der Waals surface area (Å²) in [6.07, 6.45) is 3.30. The van der Waals surface area contributed by atoms with Crippen LogP contribution in [-0.4, -0.2) is 54.2 Å². The molecular formula is C13H25N3O3. The SMILES string of the molecule is CC(C)[C@H](NC(=O)NCC1(N(C)C)CCC1)C(=O)O. The molecular weight excluding hydrogens is 246 g/mol. The number of carboxylic acid groups (broad SMARTS) is 1. The first-order chi connectivity index (χ1) is 8.78. The molecule has 6 nitrogen and oxygen atoms in total. The van der Waals surface area contributed by atoms with E-state index in [0.717, 1.165) is 12.8 Å². The van der Waals surface area contributed by atoms with Crippen molar-refractivity contribution in [3.63, 3.8) is 0 Å². The Kier molecular flexibility index (Phi) is 5.17. The molecule has 0 aromatic rings. The van der Waals surface area contributed by atoms with Gasteiger partial charge in [0, 0.05) is 12.1 Å². The van der Waals surface area contributed by atoms with Crippen LogP contribution in [0.15, 0.2) is 0 Å². The maximum Gasteiger partial charge on any atom is 0.326 e. The largest absolute Gasteiger partial charge is 0.480 e. The van der Waals surface area contributed by atoms with Crippen LogP contribution in [0.4, 0.5) is 4.79 Å². The molecule has 6 heteroatoms. The lowest BCUT2D eigenvalue weighted by Gasteiger charge is -2.47. The number of nitrogens with one attached hydrogen (secondary N) is 2. The highest BCUT2D eigenvalue weighted by Gasteiger charge is 2.39. The molecule has 1 aliphatic rings. The van der Waals surface area contributed by atoms with Crippen molar-refractivity contribution in [2.24, 2.45) is 5.92 Å². The van der Waals surface area contributed by atoms with E-state index in [1.165, 1.54) is 6.42 Å². The molecule has 110 valence electrons. The Hall–Kier alpha value is -1.30. The standard InChI is InChI=1S/C13H25N3O3/c1-9(2)10(11(17)18)15-12(19)14-8-13(16(3)4)6-5-7-13/h9-10H,5-8H2,1-4H3,(H,17,18)(H2,14,15,19)/t10-/m0/s1. The molecule has 1 saturated carbocycles. The van der Waals surface area contributed by atoms with Crippen LogP contribution in [0.25, 0.3) is 0 Å². The summed E-state index contributed by atoms with van der Waals surface area (Å²) >= 11 is 0. The molecule has 1 fully saturated rings. The second kappa shape index (κ2) is 6.23. The summed E-state index contributed by atoms with van der Waals surface area (Å²) in [5.41, 5.74) is 0.0356. The van der Waals surface area contributed by atoms with Crippen LogP contribution in [0, 0.1) is 5.92 Å². The number of likely N-dealkylation sites (N-methyl/N-ethyl adjacent to an activating group) is 1.